The van der Waals surface area contributed by atoms with Gasteiger partial charge in [0.2, 0.25) is 0 Å². The molecule has 0 aliphatic heterocycles. The number of rotatable bonds is 6. The molecule has 0 heterocycles. The second-order valence-corrected chi connectivity index (χ2v) is 4.94. The summed E-state index contributed by atoms with van der Waals surface area (Å²) < 4.78 is 5.66. The molecule has 0 atom stereocenters. The van der Waals surface area contributed by atoms with E-state index in [-0.39, 0.29) is 5.91 Å². The molecule has 4 nitrogen and oxygen atoms in total. The minimum Gasteiger partial charge on any atom is -0.489 e. The predicted molar refractivity (Wildman–Crippen MR) is 88.1 cm³/mol. The monoisotopic (exact) mass is 296 g/mol. The molecule has 0 saturated heterocycles. The normalized spacial score (nSPS) is 11.1. The number of para-hydroxylation sites is 1. The number of nitrogens with zero attached hydrogens (tertiary/aromatic N) is 1. The van der Waals surface area contributed by atoms with Crippen molar-refractivity contribution in [2.45, 2.75) is 26.9 Å². The van der Waals surface area contributed by atoms with Gasteiger partial charge in [0.15, 0.2) is 0 Å². The second-order valence-electron chi connectivity index (χ2n) is 4.94. The van der Waals surface area contributed by atoms with Crippen LogP contribution in [-0.4, -0.2) is 11.6 Å². The first-order valence-corrected chi connectivity index (χ1v) is 7.29. The largest absolute Gasteiger partial charge is 0.489 e. The molecule has 2 aromatic carbocycles. The van der Waals surface area contributed by atoms with Gasteiger partial charge in [0.25, 0.3) is 5.91 Å². The van der Waals surface area contributed by atoms with Gasteiger partial charge in [-0.15, -0.1) is 0 Å². The van der Waals surface area contributed by atoms with E-state index < -0.39 is 0 Å². The molecule has 0 radical (unpaired) electrons. The maximum absolute atomic E-state index is 11.9. The number of carbonyl (C=O) groups excluding carboxylic acids is 1. The van der Waals surface area contributed by atoms with Crippen molar-refractivity contribution in [3.8, 4) is 5.75 Å². The van der Waals surface area contributed by atoms with Crippen molar-refractivity contribution >= 4 is 11.6 Å². The fourth-order valence-electron chi connectivity index (χ4n) is 1.73. The summed E-state index contributed by atoms with van der Waals surface area (Å²) in [6.45, 7) is 4.34. The van der Waals surface area contributed by atoms with Gasteiger partial charge < -0.3 is 4.74 Å². The number of hydrazone groups is 1. The number of hydrogen-bond donors (Lipinski definition) is 1. The van der Waals surface area contributed by atoms with Crippen LogP contribution in [0.2, 0.25) is 0 Å². The molecule has 0 unspecified atom stereocenters. The van der Waals surface area contributed by atoms with Crippen LogP contribution in [-0.2, 0) is 6.61 Å². The maximum atomic E-state index is 11.9. The van der Waals surface area contributed by atoms with Crippen LogP contribution in [0.1, 0.15) is 36.2 Å². The summed E-state index contributed by atoms with van der Waals surface area (Å²) >= 11 is 0. The zero-order chi connectivity index (χ0) is 15.8. The van der Waals surface area contributed by atoms with Gasteiger partial charge in [-0.2, -0.15) is 5.10 Å². The fraction of sp³-hybridized carbons (Fsp3) is 0.222. The Bertz CT molecular complexity index is 634. The summed E-state index contributed by atoms with van der Waals surface area (Å²) in [7, 11) is 0. The fourth-order valence-corrected chi connectivity index (χ4v) is 1.73. The van der Waals surface area contributed by atoms with Crippen LogP contribution < -0.4 is 10.2 Å². The van der Waals surface area contributed by atoms with Gasteiger partial charge in [0, 0.05) is 11.3 Å². The molecule has 0 bridgehead atoms. The number of carbonyl (C=O) groups is 1. The lowest BCUT2D eigenvalue weighted by atomic mass is 10.1. The van der Waals surface area contributed by atoms with E-state index in [1.54, 1.807) is 12.1 Å². The van der Waals surface area contributed by atoms with Crippen LogP contribution in [0.3, 0.4) is 0 Å². The van der Waals surface area contributed by atoms with Crippen molar-refractivity contribution in [2.75, 3.05) is 0 Å². The molecule has 0 saturated carbocycles. The predicted octanol–water partition coefficient (Wildman–Crippen LogP) is 3.78. The van der Waals surface area contributed by atoms with Crippen molar-refractivity contribution in [2.24, 2.45) is 5.10 Å². The minimum atomic E-state index is -0.205. The standard InChI is InChI=1S/C18H20N2O2/c1-3-14(2)19-20-18(21)16-11-9-15(10-12-16)13-22-17-7-5-4-6-8-17/h4-12H,3,13H2,1-2H3,(H,20,21)/b19-14-. The Morgan fingerprint density at radius 1 is 1.09 bits per heavy atom. The van der Waals surface area contributed by atoms with E-state index >= 15 is 0 Å². The van der Waals surface area contributed by atoms with Crippen molar-refractivity contribution < 1.29 is 9.53 Å². The lowest BCUT2D eigenvalue weighted by Gasteiger charge is -2.07. The van der Waals surface area contributed by atoms with Gasteiger partial charge in [-0.25, -0.2) is 5.43 Å². The lowest BCUT2D eigenvalue weighted by Crippen LogP contribution is -2.18. The van der Waals surface area contributed by atoms with Crippen LogP contribution in [0.25, 0.3) is 0 Å². The number of ether oxygens (including phenoxy) is 1. The highest BCUT2D eigenvalue weighted by Crippen LogP contribution is 2.12. The topological polar surface area (TPSA) is 50.7 Å². The maximum Gasteiger partial charge on any atom is 0.271 e. The Hall–Kier alpha value is -2.62. The molecule has 0 fully saturated rings. The van der Waals surface area contributed by atoms with E-state index in [0.29, 0.717) is 12.2 Å². The Labute approximate surface area is 130 Å². The summed E-state index contributed by atoms with van der Waals surface area (Å²) in [6.07, 6.45) is 0.816. The Morgan fingerprint density at radius 2 is 1.77 bits per heavy atom. The van der Waals surface area contributed by atoms with Crippen LogP contribution >= 0.6 is 0 Å². The zero-order valence-corrected chi connectivity index (χ0v) is 12.9. The molecule has 0 aliphatic rings. The summed E-state index contributed by atoms with van der Waals surface area (Å²) in [5.41, 5.74) is 5.02. The van der Waals surface area contributed by atoms with E-state index in [1.807, 2.05) is 56.3 Å². The summed E-state index contributed by atoms with van der Waals surface area (Å²) in [5.74, 6) is 0.622. The van der Waals surface area contributed by atoms with E-state index in [4.69, 9.17) is 4.74 Å². The Morgan fingerprint density at radius 3 is 2.41 bits per heavy atom. The highest BCUT2D eigenvalue weighted by atomic mass is 16.5. The molecule has 4 heteroatoms. The van der Waals surface area contributed by atoms with Gasteiger partial charge in [-0.3, -0.25) is 4.79 Å². The number of benzene rings is 2. The Balaban J connectivity index is 1.91. The summed E-state index contributed by atoms with van der Waals surface area (Å²) in [5, 5.41) is 4.01. The van der Waals surface area contributed by atoms with Crippen molar-refractivity contribution in [3.63, 3.8) is 0 Å². The number of amides is 1. The zero-order valence-electron chi connectivity index (χ0n) is 12.9. The van der Waals surface area contributed by atoms with Crippen molar-refractivity contribution in [1.82, 2.24) is 5.43 Å². The van der Waals surface area contributed by atoms with E-state index in [1.165, 1.54) is 0 Å². The van der Waals surface area contributed by atoms with Crippen LogP contribution in [0.5, 0.6) is 5.75 Å². The van der Waals surface area contributed by atoms with Gasteiger partial charge in [-0.1, -0.05) is 37.3 Å². The van der Waals surface area contributed by atoms with Crippen LogP contribution in [0.15, 0.2) is 59.7 Å². The van der Waals surface area contributed by atoms with E-state index in [2.05, 4.69) is 10.5 Å². The molecular weight excluding hydrogens is 276 g/mol. The summed E-state index contributed by atoms with van der Waals surface area (Å²) in [4.78, 5) is 11.9. The van der Waals surface area contributed by atoms with Crippen molar-refractivity contribution in [1.29, 1.82) is 0 Å². The van der Waals surface area contributed by atoms with Gasteiger partial charge >= 0.3 is 0 Å². The molecule has 0 spiro atoms. The molecule has 0 aliphatic carbocycles. The molecule has 0 aromatic heterocycles. The second kappa shape index (κ2) is 7.98. The third kappa shape index (κ3) is 4.74. The molecule has 2 aromatic rings. The van der Waals surface area contributed by atoms with Crippen molar-refractivity contribution in [3.05, 3.63) is 65.7 Å². The highest BCUT2D eigenvalue weighted by molar-refractivity contribution is 5.95. The van der Waals surface area contributed by atoms with Gasteiger partial charge in [0.1, 0.15) is 12.4 Å². The average Bonchev–Trinajstić information content (AvgIpc) is 2.59. The average molecular weight is 296 g/mol. The third-order valence-corrected chi connectivity index (χ3v) is 3.22. The smallest absolute Gasteiger partial charge is 0.271 e. The molecule has 1 amide bonds. The molecular formula is C18H20N2O2. The third-order valence-electron chi connectivity index (χ3n) is 3.22. The van der Waals surface area contributed by atoms with Crippen LogP contribution in [0, 0.1) is 0 Å². The molecule has 114 valence electrons. The first-order chi connectivity index (χ1) is 10.7. The van der Waals surface area contributed by atoms with E-state index in [0.717, 1.165) is 23.4 Å². The SMILES string of the molecule is CC/C(C)=N\NC(=O)c1ccc(COc2ccccc2)cc1. The molecule has 2 rings (SSSR count). The van der Waals surface area contributed by atoms with E-state index in [9.17, 15) is 4.79 Å². The lowest BCUT2D eigenvalue weighted by molar-refractivity contribution is 0.0954. The first-order valence-electron chi connectivity index (χ1n) is 7.29. The Kier molecular flexibility index (Phi) is 5.72. The first kappa shape index (κ1) is 15.8. The minimum absolute atomic E-state index is 0.205. The van der Waals surface area contributed by atoms with Gasteiger partial charge in [0.05, 0.1) is 0 Å². The quantitative estimate of drug-likeness (QED) is 0.651. The highest BCUT2D eigenvalue weighted by Gasteiger charge is 2.04. The van der Waals surface area contributed by atoms with Gasteiger partial charge in [-0.05, 0) is 43.2 Å². The number of hydrogen-bond acceptors (Lipinski definition) is 3. The van der Waals surface area contributed by atoms with Crippen LogP contribution in [0.4, 0.5) is 0 Å². The summed E-state index contributed by atoms with van der Waals surface area (Å²) in [6, 6.07) is 17.0. The molecule has 22 heavy (non-hydrogen) atoms. The molecule has 1 N–H and O–H groups in total. The number of nitrogens with one attached hydrogen (secondary N) is 1.